The number of ether oxygens (including phenoxy) is 1. The molecule has 2 atom stereocenters. The summed E-state index contributed by atoms with van der Waals surface area (Å²) in [6.45, 7) is 6.02. The van der Waals surface area contributed by atoms with Crippen LogP contribution in [0.25, 0.3) is 21.8 Å². The Labute approximate surface area is 196 Å². The summed E-state index contributed by atoms with van der Waals surface area (Å²) in [5.74, 6) is -0.444. The third-order valence-corrected chi connectivity index (χ3v) is 6.10. The molecule has 0 bridgehead atoms. The molecule has 1 fully saturated rings. The molecule has 176 valence electrons. The quantitative estimate of drug-likeness (QED) is 0.481. The van der Waals surface area contributed by atoms with Crippen LogP contribution in [-0.4, -0.2) is 53.0 Å². The number of benzene rings is 2. The van der Waals surface area contributed by atoms with Crippen LogP contribution in [0.3, 0.4) is 0 Å². The average Bonchev–Trinajstić information content (AvgIpc) is 3.18. The standard InChI is InChI=1S/C25H27FN6O2/c1-14-11-32(12-15(2)27-14)21-7-5-19(24-18(21)6-8-22(29-24)34-4)25(33)28-17-9-16-13-31(3)30-23(16)20(26)10-17/h5-10,13-15,27H,11-12H2,1-4H3,(H,28,33)/t14-,15-/m0/s1. The van der Waals surface area contributed by atoms with Crippen molar-refractivity contribution in [3.63, 3.8) is 0 Å². The number of pyridine rings is 1. The molecule has 1 saturated heterocycles. The van der Waals surface area contributed by atoms with Crippen LogP contribution < -0.4 is 20.3 Å². The van der Waals surface area contributed by atoms with Crippen molar-refractivity contribution in [3.05, 3.63) is 54.0 Å². The van der Waals surface area contributed by atoms with Crippen molar-refractivity contribution in [2.75, 3.05) is 30.4 Å². The van der Waals surface area contributed by atoms with Crippen molar-refractivity contribution >= 4 is 39.1 Å². The topological polar surface area (TPSA) is 84.3 Å². The zero-order chi connectivity index (χ0) is 24.0. The first kappa shape index (κ1) is 22.1. The summed E-state index contributed by atoms with van der Waals surface area (Å²) in [4.78, 5) is 20.2. The third kappa shape index (κ3) is 4.03. The van der Waals surface area contributed by atoms with Gasteiger partial charge in [0.2, 0.25) is 5.88 Å². The number of carbonyl (C=O) groups excluding carboxylic acids is 1. The summed E-state index contributed by atoms with van der Waals surface area (Å²) in [7, 11) is 3.27. The third-order valence-electron chi connectivity index (χ3n) is 6.10. The molecule has 2 N–H and O–H groups in total. The van der Waals surface area contributed by atoms with Crippen LogP contribution in [0.5, 0.6) is 5.88 Å². The molecule has 8 nitrogen and oxygen atoms in total. The molecule has 1 aliphatic heterocycles. The number of piperazine rings is 1. The highest BCUT2D eigenvalue weighted by Gasteiger charge is 2.24. The minimum Gasteiger partial charge on any atom is -0.481 e. The van der Waals surface area contributed by atoms with Gasteiger partial charge >= 0.3 is 0 Å². The van der Waals surface area contributed by atoms with Crippen molar-refractivity contribution < 1.29 is 13.9 Å². The Hall–Kier alpha value is -3.72. The molecule has 0 spiro atoms. The number of halogens is 1. The molecule has 9 heteroatoms. The van der Waals surface area contributed by atoms with Gasteiger partial charge in [-0.1, -0.05) is 0 Å². The fraction of sp³-hybridized carbons (Fsp3) is 0.320. The number of aryl methyl sites for hydroxylation is 1. The molecule has 1 amide bonds. The summed E-state index contributed by atoms with van der Waals surface area (Å²) < 4.78 is 21.4. The number of hydrogen-bond acceptors (Lipinski definition) is 6. The number of nitrogens with zero attached hydrogens (tertiary/aromatic N) is 4. The highest BCUT2D eigenvalue weighted by Crippen LogP contribution is 2.32. The highest BCUT2D eigenvalue weighted by atomic mass is 19.1. The summed E-state index contributed by atoms with van der Waals surface area (Å²) in [5, 5.41) is 12.0. The summed E-state index contributed by atoms with van der Waals surface area (Å²) >= 11 is 0. The van der Waals surface area contributed by atoms with Crippen LogP contribution in [0.4, 0.5) is 15.8 Å². The van der Waals surface area contributed by atoms with Crippen LogP contribution >= 0.6 is 0 Å². The van der Waals surface area contributed by atoms with Crippen molar-refractivity contribution in [2.24, 2.45) is 7.05 Å². The van der Waals surface area contributed by atoms with E-state index in [9.17, 15) is 9.18 Å². The Morgan fingerprint density at radius 3 is 2.65 bits per heavy atom. The summed E-state index contributed by atoms with van der Waals surface area (Å²) in [6.07, 6.45) is 1.71. The van der Waals surface area contributed by atoms with E-state index in [1.807, 2.05) is 12.1 Å². The zero-order valence-corrected chi connectivity index (χ0v) is 19.6. The van der Waals surface area contributed by atoms with Crippen LogP contribution in [-0.2, 0) is 7.05 Å². The van der Waals surface area contributed by atoms with Crippen molar-refractivity contribution in [2.45, 2.75) is 25.9 Å². The second-order valence-electron chi connectivity index (χ2n) is 8.91. The predicted molar refractivity (Wildman–Crippen MR) is 131 cm³/mol. The molecule has 0 saturated carbocycles. The fourth-order valence-corrected chi connectivity index (χ4v) is 4.76. The minimum absolute atomic E-state index is 0.265. The predicted octanol–water partition coefficient (Wildman–Crippen LogP) is 3.71. The normalized spacial score (nSPS) is 18.4. The number of amides is 1. The first-order valence-electron chi connectivity index (χ1n) is 11.3. The summed E-state index contributed by atoms with van der Waals surface area (Å²) in [5.41, 5.74) is 2.57. The Kier molecular flexibility index (Phi) is 5.57. The van der Waals surface area contributed by atoms with Gasteiger partial charge in [-0.05, 0) is 44.2 Å². The first-order valence-corrected chi connectivity index (χ1v) is 11.3. The smallest absolute Gasteiger partial charge is 0.257 e. The molecular weight excluding hydrogens is 435 g/mol. The SMILES string of the molecule is COc1ccc2c(N3C[C@H](C)N[C@@H](C)C3)ccc(C(=O)Nc3cc(F)c4nn(C)cc4c3)c2n1. The maximum atomic E-state index is 14.5. The molecule has 34 heavy (non-hydrogen) atoms. The molecule has 5 rings (SSSR count). The second-order valence-corrected chi connectivity index (χ2v) is 8.91. The van der Waals surface area contributed by atoms with Gasteiger partial charge in [0.05, 0.1) is 18.2 Å². The van der Waals surface area contributed by atoms with Crippen molar-refractivity contribution in [1.29, 1.82) is 0 Å². The Morgan fingerprint density at radius 1 is 1.15 bits per heavy atom. The number of carbonyl (C=O) groups is 1. The number of nitrogens with one attached hydrogen (secondary N) is 2. The van der Waals surface area contributed by atoms with Crippen LogP contribution in [0.15, 0.2) is 42.6 Å². The summed E-state index contributed by atoms with van der Waals surface area (Å²) in [6, 6.07) is 11.1. The fourth-order valence-electron chi connectivity index (χ4n) is 4.76. The van der Waals surface area contributed by atoms with Gasteiger partial charge < -0.3 is 20.3 Å². The molecular formula is C25H27FN6O2. The van der Waals surface area contributed by atoms with Gasteiger partial charge in [-0.15, -0.1) is 0 Å². The molecule has 0 aliphatic carbocycles. The Bertz CT molecular complexity index is 1390. The van der Waals surface area contributed by atoms with Gasteiger partial charge in [0, 0.05) is 66.6 Å². The van der Waals surface area contributed by atoms with Crippen molar-refractivity contribution in [1.82, 2.24) is 20.1 Å². The van der Waals surface area contributed by atoms with E-state index in [-0.39, 0.29) is 11.4 Å². The van der Waals surface area contributed by atoms with Crippen LogP contribution in [0.2, 0.25) is 0 Å². The van der Waals surface area contributed by atoms with E-state index in [0.29, 0.717) is 40.1 Å². The van der Waals surface area contributed by atoms with E-state index in [1.54, 1.807) is 43.2 Å². The number of methoxy groups -OCH3 is 1. The second kappa shape index (κ2) is 8.57. The molecule has 4 aromatic rings. The van der Waals surface area contributed by atoms with E-state index in [1.165, 1.54) is 6.07 Å². The van der Waals surface area contributed by atoms with Crippen LogP contribution in [0, 0.1) is 5.82 Å². The van der Waals surface area contributed by atoms with E-state index in [4.69, 9.17) is 4.74 Å². The first-order chi connectivity index (χ1) is 16.3. The highest BCUT2D eigenvalue weighted by molar-refractivity contribution is 6.14. The van der Waals surface area contributed by atoms with E-state index in [0.717, 1.165) is 24.2 Å². The van der Waals surface area contributed by atoms with Gasteiger partial charge in [-0.25, -0.2) is 9.37 Å². The molecule has 1 aliphatic rings. The number of rotatable bonds is 4. The molecule has 2 aromatic heterocycles. The van der Waals surface area contributed by atoms with E-state index < -0.39 is 5.82 Å². The lowest BCUT2D eigenvalue weighted by Gasteiger charge is -2.38. The number of anilines is 2. The van der Waals surface area contributed by atoms with Gasteiger partial charge in [-0.2, -0.15) is 5.10 Å². The van der Waals surface area contributed by atoms with Gasteiger partial charge in [-0.3, -0.25) is 9.48 Å². The Balaban J connectivity index is 1.54. The van der Waals surface area contributed by atoms with E-state index in [2.05, 4.69) is 39.5 Å². The molecule has 3 heterocycles. The van der Waals surface area contributed by atoms with Gasteiger partial charge in [0.1, 0.15) is 5.52 Å². The number of aromatic nitrogens is 3. The Morgan fingerprint density at radius 2 is 1.91 bits per heavy atom. The van der Waals surface area contributed by atoms with Crippen LogP contribution in [0.1, 0.15) is 24.2 Å². The largest absolute Gasteiger partial charge is 0.481 e. The zero-order valence-electron chi connectivity index (χ0n) is 19.6. The van der Waals surface area contributed by atoms with E-state index >= 15 is 0 Å². The lowest BCUT2D eigenvalue weighted by molar-refractivity contribution is 0.102. The minimum atomic E-state index is -0.490. The lowest BCUT2D eigenvalue weighted by Crippen LogP contribution is -2.54. The molecule has 0 radical (unpaired) electrons. The van der Waals surface area contributed by atoms with Gasteiger partial charge in [0.15, 0.2) is 5.82 Å². The van der Waals surface area contributed by atoms with Crippen molar-refractivity contribution in [3.8, 4) is 5.88 Å². The number of fused-ring (bicyclic) bond motifs is 2. The lowest BCUT2D eigenvalue weighted by atomic mass is 10.0. The average molecular weight is 463 g/mol. The maximum absolute atomic E-state index is 14.5. The maximum Gasteiger partial charge on any atom is 0.257 e. The monoisotopic (exact) mass is 462 g/mol. The molecule has 0 unspecified atom stereocenters. The van der Waals surface area contributed by atoms with Gasteiger partial charge in [0.25, 0.3) is 5.91 Å². The molecule has 2 aromatic carbocycles. The number of hydrogen-bond donors (Lipinski definition) is 2.